The van der Waals surface area contributed by atoms with Crippen LogP contribution in [0.5, 0.6) is 0 Å². The molecule has 0 bridgehead atoms. The maximum Gasteiger partial charge on any atom is 0 e. The van der Waals surface area contributed by atoms with Crippen molar-refractivity contribution >= 4 is 0 Å². The van der Waals surface area contributed by atoms with Crippen LogP contribution < -0.4 is 0 Å². The molecule has 0 saturated carbocycles. The molecule has 0 fully saturated rings. The van der Waals surface area contributed by atoms with E-state index in [-0.39, 0.29) is 18.6 Å². The van der Waals surface area contributed by atoms with Crippen LogP contribution >= 0.6 is 0 Å². The van der Waals surface area contributed by atoms with Crippen molar-refractivity contribution in [2.24, 2.45) is 0 Å². The molecular weight excluding hydrogens is 267 g/mol. The standard InChI is InChI=1S/C12H10.3C2H6.V/c1-3-7-11(8-4-1)12-9-5-2-6-10-12;3*1-2;/h1-10H;3*1-2H3;. The first kappa shape index (κ1) is 23.1. The first-order valence-corrected chi connectivity index (χ1v) is 7.07. The summed E-state index contributed by atoms with van der Waals surface area (Å²) in [6.07, 6.45) is 0. The number of rotatable bonds is 1. The van der Waals surface area contributed by atoms with Gasteiger partial charge in [-0.15, -0.1) is 0 Å². The van der Waals surface area contributed by atoms with E-state index >= 15 is 0 Å². The van der Waals surface area contributed by atoms with Crippen molar-refractivity contribution in [2.75, 3.05) is 0 Å². The van der Waals surface area contributed by atoms with Crippen LogP contribution in [0, 0.1) is 0 Å². The molecular formula is C18H28V. The van der Waals surface area contributed by atoms with Gasteiger partial charge < -0.3 is 0 Å². The van der Waals surface area contributed by atoms with E-state index in [0.29, 0.717) is 0 Å². The van der Waals surface area contributed by atoms with Gasteiger partial charge in [-0.05, 0) is 11.1 Å². The Morgan fingerprint density at radius 3 is 0.842 bits per heavy atom. The molecule has 0 heterocycles. The summed E-state index contributed by atoms with van der Waals surface area (Å²) in [6, 6.07) is 20.8. The van der Waals surface area contributed by atoms with Crippen LogP contribution in [0.25, 0.3) is 11.1 Å². The van der Waals surface area contributed by atoms with Crippen LogP contribution in [-0.2, 0) is 18.6 Å². The predicted octanol–water partition coefficient (Wildman–Crippen LogP) is 6.43. The third-order valence-corrected chi connectivity index (χ3v) is 1.88. The minimum absolute atomic E-state index is 0. The van der Waals surface area contributed by atoms with E-state index < -0.39 is 0 Å². The maximum absolute atomic E-state index is 2.12. The fourth-order valence-electron chi connectivity index (χ4n) is 1.26. The Morgan fingerprint density at radius 1 is 0.421 bits per heavy atom. The summed E-state index contributed by atoms with van der Waals surface area (Å²) in [7, 11) is 0. The van der Waals surface area contributed by atoms with Crippen molar-refractivity contribution in [1.82, 2.24) is 0 Å². The Morgan fingerprint density at radius 2 is 0.632 bits per heavy atom. The molecule has 105 valence electrons. The molecule has 2 rings (SSSR count). The first-order chi connectivity index (χ1) is 8.97. The van der Waals surface area contributed by atoms with Crippen molar-refractivity contribution in [3.63, 3.8) is 0 Å². The number of hydrogen-bond donors (Lipinski definition) is 0. The topological polar surface area (TPSA) is 0 Å². The molecule has 0 amide bonds. The van der Waals surface area contributed by atoms with E-state index in [2.05, 4.69) is 48.5 Å². The Labute approximate surface area is 132 Å². The average molecular weight is 295 g/mol. The van der Waals surface area contributed by atoms with Crippen molar-refractivity contribution in [3.8, 4) is 11.1 Å². The van der Waals surface area contributed by atoms with Gasteiger partial charge in [0.15, 0.2) is 0 Å². The summed E-state index contributed by atoms with van der Waals surface area (Å²) in [4.78, 5) is 0. The minimum Gasteiger partial charge on any atom is -0.0683 e. The zero-order chi connectivity index (χ0) is 14.2. The van der Waals surface area contributed by atoms with Gasteiger partial charge in [-0.3, -0.25) is 0 Å². The van der Waals surface area contributed by atoms with Crippen LogP contribution in [0.2, 0.25) is 0 Å². The smallest absolute Gasteiger partial charge is 0 e. The van der Waals surface area contributed by atoms with Crippen molar-refractivity contribution in [2.45, 2.75) is 41.5 Å². The van der Waals surface area contributed by atoms with E-state index in [0.717, 1.165) is 0 Å². The molecule has 0 atom stereocenters. The van der Waals surface area contributed by atoms with Crippen LogP contribution in [0.1, 0.15) is 41.5 Å². The molecule has 0 aromatic heterocycles. The molecule has 2 aromatic rings. The molecule has 0 aliphatic rings. The Bertz CT molecular complexity index is 303. The van der Waals surface area contributed by atoms with Crippen molar-refractivity contribution in [1.29, 1.82) is 0 Å². The van der Waals surface area contributed by atoms with Crippen molar-refractivity contribution in [3.05, 3.63) is 60.7 Å². The van der Waals surface area contributed by atoms with Crippen LogP contribution in [-0.4, -0.2) is 0 Å². The van der Waals surface area contributed by atoms with Gasteiger partial charge in [0, 0.05) is 18.6 Å². The quantitative estimate of drug-likeness (QED) is 0.568. The molecule has 1 radical (unpaired) electrons. The Kier molecular flexibility index (Phi) is 23.6. The van der Waals surface area contributed by atoms with E-state index in [1.54, 1.807) is 0 Å². The largest absolute Gasteiger partial charge is 0.0683 e. The van der Waals surface area contributed by atoms with Gasteiger partial charge in [0.2, 0.25) is 0 Å². The molecule has 19 heavy (non-hydrogen) atoms. The maximum atomic E-state index is 2.12. The molecule has 0 unspecified atom stereocenters. The number of benzene rings is 2. The van der Waals surface area contributed by atoms with Crippen LogP contribution in [0.15, 0.2) is 60.7 Å². The van der Waals surface area contributed by atoms with E-state index in [9.17, 15) is 0 Å². The fraction of sp³-hybridized carbons (Fsp3) is 0.333. The predicted molar refractivity (Wildman–Crippen MR) is 85.9 cm³/mol. The summed E-state index contributed by atoms with van der Waals surface area (Å²) in [5, 5.41) is 0. The Hall–Kier alpha value is -0.976. The summed E-state index contributed by atoms with van der Waals surface area (Å²) in [6.45, 7) is 12.0. The second kappa shape index (κ2) is 19.4. The third-order valence-electron chi connectivity index (χ3n) is 1.88. The van der Waals surface area contributed by atoms with Gasteiger partial charge in [-0.25, -0.2) is 0 Å². The van der Waals surface area contributed by atoms with Gasteiger partial charge in [0.1, 0.15) is 0 Å². The number of hydrogen-bond acceptors (Lipinski definition) is 0. The average Bonchev–Trinajstić information content (AvgIpc) is 2.55. The summed E-state index contributed by atoms with van der Waals surface area (Å²) in [5.74, 6) is 0. The SMILES string of the molecule is CC.CC.CC.[V].c1ccc(-c2ccccc2)cc1. The third kappa shape index (κ3) is 10.6. The van der Waals surface area contributed by atoms with E-state index in [1.807, 2.05) is 53.7 Å². The minimum atomic E-state index is 0. The van der Waals surface area contributed by atoms with Gasteiger partial charge in [-0.2, -0.15) is 0 Å². The molecule has 0 N–H and O–H groups in total. The molecule has 0 nitrogen and oxygen atoms in total. The van der Waals surface area contributed by atoms with E-state index in [1.165, 1.54) is 11.1 Å². The molecule has 0 aliphatic carbocycles. The van der Waals surface area contributed by atoms with E-state index in [4.69, 9.17) is 0 Å². The molecule has 0 saturated heterocycles. The van der Waals surface area contributed by atoms with Crippen LogP contribution in [0.3, 0.4) is 0 Å². The molecule has 0 spiro atoms. The summed E-state index contributed by atoms with van der Waals surface area (Å²) in [5.41, 5.74) is 2.55. The van der Waals surface area contributed by atoms with Crippen molar-refractivity contribution < 1.29 is 18.6 Å². The molecule has 2 aromatic carbocycles. The van der Waals surface area contributed by atoms with Gasteiger partial charge in [0.05, 0.1) is 0 Å². The van der Waals surface area contributed by atoms with Gasteiger partial charge >= 0.3 is 0 Å². The first-order valence-electron chi connectivity index (χ1n) is 7.07. The normalized spacial score (nSPS) is 7.05. The zero-order valence-electron chi connectivity index (χ0n) is 13.2. The Balaban J connectivity index is -0.000000325. The second-order valence-electron chi connectivity index (χ2n) is 2.73. The zero-order valence-corrected chi connectivity index (χ0v) is 14.6. The van der Waals surface area contributed by atoms with Gasteiger partial charge in [0.25, 0.3) is 0 Å². The molecule has 0 aliphatic heterocycles. The summed E-state index contributed by atoms with van der Waals surface area (Å²) >= 11 is 0. The van der Waals surface area contributed by atoms with Gasteiger partial charge in [-0.1, -0.05) is 102 Å². The van der Waals surface area contributed by atoms with Crippen LogP contribution in [0.4, 0.5) is 0 Å². The monoisotopic (exact) mass is 295 g/mol. The second-order valence-corrected chi connectivity index (χ2v) is 2.73. The fourth-order valence-corrected chi connectivity index (χ4v) is 1.26. The molecule has 1 heteroatoms. The summed E-state index contributed by atoms with van der Waals surface area (Å²) < 4.78 is 0.